The third-order valence-electron chi connectivity index (χ3n) is 3.60. The van der Waals surface area contributed by atoms with E-state index in [1.54, 1.807) is 0 Å². The largest absolute Gasteiger partial charge is 0.489 e. The molecule has 1 amide bonds. The number of carbonyl (C=O) groups is 2. The maximum atomic E-state index is 12.5. The van der Waals surface area contributed by atoms with E-state index in [0.717, 1.165) is 0 Å². The zero-order chi connectivity index (χ0) is 19.4. The first-order valence-electron chi connectivity index (χ1n) is 7.92. The van der Waals surface area contributed by atoms with Gasteiger partial charge < -0.3 is 24.8 Å². The number of hydrogen-bond acceptors (Lipinski definition) is 6. The lowest BCUT2D eigenvalue weighted by atomic mass is 10.2. The number of ether oxygens (including phenoxy) is 2. The Hall–Kier alpha value is -1.96. The second-order valence-electron chi connectivity index (χ2n) is 5.85. The van der Waals surface area contributed by atoms with Gasteiger partial charge in [-0.1, -0.05) is 23.2 Å². The SMILES string of the molecule is COC(=O)C1=C(Nc2cc(Cl)c(OC(C)C)cc2Cl)C(=O)N(CCO)C1. The molecule has 142 valence electrons. The van der Waals surface area contributed by atoms with Crippen LogP contribution in [0.1, 0.15) is 13.8 Å². The van der Waals surface area contributed by atoms with Crippen LogP contribution < -0.4 is 10.1 Å². The molecule has 0 fully saturated rings. The highest BCUT2D eigenvalue weighted by Crippen LogP contribution is 2.36. The molecule has 0 atom stereocenters. The molecule has 1 heterocycles. The van der Waals surface area contributed by atoms with Crippen LogP contribution >= 0.6 is 23.2 Å². The fourth-order valence-corrected chi connectivity index (χ4v) is 2.86. The zero-order valence-electron chi connectivity index (χ0n) is 14.6. The number of aliphatic hydroxyl groups is 1. The van der Waals surface area contributed by atoms with Gasteiger partial charge in [-0.15, -0.1) is 0 Å². The van der Waals surface area contributed by atoms with Crippen LogP contribution in [0.15, 0.2) is 23.4 Å². The van der Waals surface area contributed by atoms with Crippen LogP contribution in [0.25, 0.3) is 0 Å². The molecule has 0 bridgehead atoms. The third kappa shape index (κ3) is 4.41. The van der Waals surface area contributed by atoms with Crippen molar-refractivity contribution in [3.63, 3.8) is 0 Å². The fourth-order valence-electron chi connectivity index (χ4n) is 2.45. The quantitative estimate of drug-likeness (QED) is 0.681. The Kier molecular flexibility index (Phi) is 6.75. The van der Waals surface area contributed by atoms with E-state index < -0.39 is 11.9 Å². The number of halogens is 2. The number of hydrogen-bond donors (Lipinski definition) is 2. The summed E-state index contributed by atoms with van der Waals surface area (Å²) in [5, 5.41) is 12.5. The van der Waals surface area contributed by atoms with Crippen LogP contribution in [-0.2, 0) is 14.3 Å². The Morgan fingerprint density at radius 3 is 2.62 bits per heavy atom. The molecule has 0 aromatic heterocycles. The molecule has 0 unspecified atom stereocenters. The van der Waals surface area contributed by atoms with Crippen LogP contribution in [-0.4, -0.2) is 54.8 Å². The highest BCUT2D eigenvalue weighted by atomic mass is 35.5. The highest BCUT2D eigenvalue weighted by molar-refractivity contribution is 6.36. The van der Waals surface area contributed by atoms with E-state index in [1.807, 2.05) is 13.8 Å². The Labute approximate surface area is 161 Å². The molecule has 0 saturated heterocycles. The summed E-state index contributed by atoms with van der Waals surface area (Å²) >= 11 is 12.5. The van der Waals surface area contributed by atoms with Gasteiger partial charge in [-0.25, -0.2) is 4.79 Å². The van der Waals surface area contributed by atoms with E-state index in [4.69, 9.17) is 37.8 Å². The first-order chi connectivity index (χ1) is 12.3. The van der Waals surface area contributed by atoms with E-state index in [2.05, 4.69) is 5.32 Å². The molecule has 2 N–H and O–H groups in total. The van der Waals surface area contributed by atoms with Gasteiger partial charge in [0.15, 0.2) is 0 Å². The van der Waals surface area contributed by atoms with Crippen molar-refractivity contribution in [2.75, 3.05) is 32.1 Å². The number of nitrogens with zero attached hydrogens (tertiary/aromatic N) is 1. The summed E-state index contributed by atoms with van der Waals surface area (Å²) in [6.07, 6.45) is -0.0838. The van der Waals surface area contributed by atoms with Gasteiger partial charge in [-0.05, 0) is 19.9 Å². The summed E-state index contributed by atoms with van der Waals surface area (Å²) in [6, 6.07) is 3.06. The van der Waals surface area contributed by atoms with Crippen molar-refractivity contribution >= 4 is 40.8 Å². The number of β-amino-alcohol motifs (C(OH)–C–C–N with tert-alkyl or cyclic N) is 1. The Morgan fingerprint density at radius 1 is 1.35 bits per heavy atom. The minimum Gasteiger partial charge on any atom is -0.489 e. The monoisotopic (exact) mass is 402 g/mol. The first-order valence-corrected chi connectivity index (χ1v) is 8.68. The number of rotatable bonds is 7. The average Bonchev–Trinajstić information content (AvgIpc) is 2.88. The third-order valence-corrected chi connectivity index (χ3v) is 4.21. The molecule has 7 nitrogen and oxygen atoms in total. The first kappa shape index (κ1) is 20.4. The Morgan fingerprint density at radius 2 is 2.04 bits per heavy atom. The average molecular weight is 403 g/mol. The van der Waals surface area contributed by atoms with E-state index in [0.29, 0.717) is 16.5 Å². The summed E-state index contributed by atoms with van der Waals surface area (Å²) in [6.45, 7) is 3.63. The molecule has 1 aromatic carbocycles. The molecule has 0 saturated carbocycles. The number of benzene rings is 1. The van der Waals surface area contributed by atoms with Crippen molar-refractivity contribution in [3.05, 3.63) is 33.4 Å². The molecular weight excluding hydrogens is 383 g/mol. The Bertz CT molecular complexity index is 749. The molecule has 0 spiro atoms. The molecule has 0 radical (unpaired) electrons. The minimum atomic E-state index is -0.636. The standard InChI is InChI=1S/C17H20Cl2N2O5/c1-9(2)26-14-7-11(18)13(6-12(14)19)20-15-10(17(24)25-3)8-21(4-5-22)16(15)23/h6-7,9,20,22H,4-5,8H2,1-3H3. The van der Waals surface area contributed by atoms with Crippen molar-refractivity contribution in [3.8, 4) is 5.75 Å². The predicted molar refractivity (Wildman–Crippen MR) is 98.6 cm³/mol. The van der Waals surface area contributed by atoms with Gasteiger partial charge in [0.2, 0.25) is 0 Å². The summed E-state index contributed by atoms with van der Waals surface area (Å²) in [7, 11) is 1.23. The number of methoxy groups -OCH3 is 1. The van der Waals surface area contributed by atoms with Gasteiger partial charge in [-0.3, -0.25) is 4.79 Å². The van der Waals surface area contributed by atoms with Crippen LogP contribution in [0, 0.1) is 0 Å². The van der Waals surface area contributed by atoms with Crippen molar-refractivity contribution in [2.45, 2.75) is 20.0 Å². The van der Waals surface area contributed by atoms with Crippen molar-refractivity contribution in [1.29, 1.82) is 0 Å². The molecule has 1 aromatic rings. The smallest absolute Gasteiger partial charge is 0.337 e. The zero-order valence-corrected chi connectivity index (χ0v) is 16.1. The minimum absolute atomic E-state index is 0.0360. The summed E-state index contributed by atoms with van der Waals surface area (Å²) < 4.78 is 10.3. The van der Waals surface area contributed by atoms with E-state index >= 15 is 0 Å². The maximum absolute atomic E-state index is 12.5. The maximum Gasteiger partial charge on any atom is 0.337 e. The van der Waals surface area contributed by atoms with Crippen molar-refractivity contribution in [1.82, 2.24) is 4.90 Å². The van der Waals surface area contributed by atoms with Crippen molar-refractivity contribution < 1.29 is 24.2 Å². The molecular formula is C17H20Cl2N2O5. The van der Waals surface area contributed by atoms with E-state index in [-0.39, 0.29) is 42.1 Å². The number of carbonyl (C=O) groups excluding carboxylic acids is 2. The number of nitrogens with one attached hydrogen (secondary N) is 1. The summed E-state index contributed by atoms with van der Waals surface area (Å²) in [5.74, 6) is -0.656. The van der Waals surface area contributed by atoms with Gasteiger partial charge in [0.1, 0.15) is 11.4 Å². The normalized spacial score (nSPS) is 14.3. The van der Waals surface area contributed by atoms with Crippen LogP contribution in [0.3, 0.4) is 0 Å². The molecule has 2 rings (SSSR count). The van der Waals surface area contributed by atoms with Gasteiger partial charge >= 0.3 is 5.97 Å². The van der Waals surface area contributed by atoms with Gasteiger partial charge in [0, 0.05) is 12.6 Å². The molecule has 1 aliphatic heterocycles. The van der Waals surface area contributed by atoms with Crippen LogP contribution in [0.4, 0.5) is 5.69 Å². The lowest BCUT2D eigenvalue weighted by molar-refractivity contribution is -0.136. The van der Waals surface area contributed by atoms with Crippen LogP contribution in [0.5, 0.6) is 5.75 Å². The van der Waals surface area contributed by atoms with E-state index in [9.17, 15) is 9.59 Å². The fraction of sp³-hybridized carbons (Fsp3) is 0.412. The predicted octanol–water partition coefficient (Wildman–Crippen LogP) is 2.45. The lowest BCUT2D eigenvalue weighted by Crippen LogP contribution is -2.31. The summed E-state index contributed by atoms with van der Waals surface area (Å²) in [4.78, 5) is 25.9. The van der Waals surface area contributed by atoms with Gasteiger partial charge in [0.05, 0.1) is 47.7 Å². The molecule has 26 heavy (non-hydrogen) atoms. The number of aliphatic hydroxyl groups excluding tert-OH is 1. The number of anilines is 1. The second kappa shape index (κ2) is 8.62. The molecule has 9 heteroatoms. The number of esters is 1. The Balaban J connectivity index is 2.36. The van der Waals surface area contributed by atoms with E-state index in [1.165, 1.54) is 24.1 Å². The van der Waals surface area contributed by atoms with Crippen molar-refractivity contribution in [2.24, 2.45) is 0 Å². The topological polar surface area (TPSA) is 88.1 Å². The second-order valence-corrected chi connectivity index (χ2v) is 6.66. The molecule has 0 aliphatic carbocycles. The van der Waals surface area contributed by atoms with Gasteiger partial charge in [0.25, 0.3) is 5.91 Å². The lowest BCUT2D eigenvalue weighted by Gasteiger charge is -2.16. The highest BCUT2D eigenvalue weighted by Gasteiger charge is 2.34. The number of amides is 1. The van der Waals surface area contributed by atoms with Gasteiger partial charge in [-0.2, -0.15) is 0 Å². The molecule has 1 aliphatic rings. The van der Waals surface area contributed by atoms with Crippen LogP contribution in [0.2, 0.25) is 10.0 Å². The summed E-state index contributed by atoms with van der Waals surface area (Å²) in [5.41, 5.74) is 0.546.